The standard InChI is InChI=1S/C14H20BrN3O3S/c1-8-7-17-4-3-12(8)18-14(19)11-5-10(15)6-13(9(11)2)22(16,20)21/h5-6,8,12,17H,3-4,7H2,1-2H3,(H,18,19)(H2,16,20,21). The van der Waals surface area contributed by atoms with E-state index in [4.69, 9.17) is 5.14 Å². The van der Waals surface area contributed by atoms with Gasteiger partial charge in [-0.3, -0.25) is 4.79 Å². The third-order valence-corrected chi connectivity index (χ3v) is 5.47. The van der Waals surface area contributed by atoms with Crippen molar-refractivity contribution in [3.63, 3.8) is 0 Å². The molecule has 22 heavy (non-hydrogen) atoms. The topological polar surface area (TPSA) is 101 Å². The lowest BCUT2D eigenvalue weighted by molar-refractivity contribution is 0.0913. The summed E-state index contributed by atoms with van der Waals surface area (Å²) >= 11 is 3.24. The molecule has 1 amide bonds. The molecule has 1 heterocycles. The number of piperidine rings is 1. The molecule has 122 valence electrons. The van der Waals surface area contributed by atoms with Gasteiger partial charge in [0.2, 0.25) is 10.0 Å². The van der Waals surface area contributed by atoms with Crippen LogP contribution in [0, 0.1) is 12.8 Å². The summed E-state index contributed by atoms with van der Waals surface area (Å²) in [5, 5.41) is 11.5. The van der Waals surface area contributed by atoms with E-state index in [-0.39, 0.29) is 16.8 Å². The van der Waals surface area contributed by atoms with E-state index in [1.54, 1.807) is 13.0 Å². The van der Waals surface area contributed by atoms with Crippen LogP contribution in [0.25, 0.3) is 0 Å². The van der Waals surface area contributed by atoms with E-state index >= 15 is 0 Å². The molecule has 0 radical (unpaired) electrons. The number of primary sulfonamides is 1. The highest BCUT2D eigenvalue weighted by atomic mass is 79.9. The summed E-state index contributed by atoms with van der Waals surface area (Å²) in [6.45, 7) is 5.37. The van der Waals surface area contributed by atoms with Gasteiger partial charge in [0.1, 0.15) is 0 Å². The zero-order valence-electron chi connectivity index (χ0n) is 12.5. The molecule has 2 rings (SSSR count). The van der Waals surface area contributed by atoms with Crippen LogP contribution in [-0.2, 0) is 10.0 Å². The van der Waals surface area contributed by atoms with Gasteiger partial charge in [-0.25, -0.2) is 13.6 Å². The molecule has 2 unspecified atom stereocenters. The Morgan fingerprint density at radius 2 is 2.14 bits per heavy atom. The summed E-state index contributed by atoms with van der Waals surface area (Å²) in [6.07, 6.45) is 0.849. The average molecular weight is 390 g/mol. The molecule has 0 spiro atoms. The fraction of sp³-hybridized carbons (Fsp3) is 0.500. The minimum Gasteiger partial charge on any atom is -0.349 e. The number of halogens is 1. The average Bonchev–Trinajstić information content (AvgIpc) is 2.42. The van der Waals surface area contributed by atoms with E-state index in [9.17, 15) is 13.2 Å². The van der Waals surface area contributed by atoms with Gasteiger partial charge in [0, 0.05) is 16.1 Å². The molecule has 1 fully saturated rings. The second-order valence-corrected chi connectivity index (χ2v) is 8.12. The molecule has 6 nitrogen and oxygen atoms in total. The smallest absolute Gasteiger partial charge is 0.251 e. The van der Waals surface area contributed by atoms with Crippen molar-refractivity contribution in [2.75, 3.05) is 13.1 Å². The number of carbonyl (C=O) groups excluding carboxylic acids is 1. The number of sulfonamides is 1. The first-order valence-electron chi connectivity index (χ1n) is 7.04. The first-order valence-corrected chi connectivity index (χ1v) is 9.38. The molecule has 1 aliphatic heterocycles. The Labute approximate surface area is 139 Å². The van der Waals surface area contributed by atoms with E-state index in [0.717, 1.165) is 19.5 Å². The van der Waals surface area contributed by atoms with Gasteiger partial charge in [-0.1, -0.05) is 22.9 Å². The van der Waals surface area contributed by atoms with Gasteiger partial charge in [0.15, 0.2) is 0 Å². The Kier molecular flexibility index (Phi) is 5.26. The number of benzene rings is 1. The molecular formula is C14H20BrN3O3S. The predicted octanol–water partition coefficient (Wildman–Crippen LogP) is 1.13. The molecule has 0 aliphatic carbocycles. The van der Waals surface area contributed by atoms with Crippen molar-refractivity contribution in [1.82, 2.24) is 10.6 Å². The van der Waals surface area contributed by atoms with Crippen molar-refractivity contribution < 1.29 is 13.2 Å². The molecule has 0 aromatic heterocycles. The van der Waals surface area contributed by atoms with Crippen LogP contribution in [0.4, 0.5) is 0 Å². The second-order valence-electron chi connectivity index (χ2n) is 5.67. The highest BCUT2D eigenvalue weighted by Gasteiger charge is 2.25. The molecule has 1 aliphatic rings. The highest BCUT2D eigenvalue weighted by Crippen LogP contribution is 2.24. The lowest BCUT2D eigenvalue weighted by Crippen LogP contribution is -2.48. The first-order chi connectivity index (χ1) is 10.2. The number of nitrogens with one attached hydrogen (secondary N) is 2. The predicted molar refractivity (Wildman–Crippen MR) is 88.2 cm³/mol. The normalized spacial score (nSPS) is 22.4. The van der Waals surface area contributed by atoms with E-state index in [1.165, 1.54) is 6.07 Å². The van der Waals surface area contributed by atoms with Crippen LogP contribution >= 0.6 is 15.9 Å². The van der Waals surface area contributed by atoms with Gasteiger partial charge in [-0.05, 0) is 50.0 Å². The molecule has 8 heteroatoms. The molecule has 1 aromatic rings. The molecule has 2 atom stereocenters. The largest absolute Gasteiger partial charge is 0.349 e. The zero-order chi connectivity index (χ0) is 16.5. The van der Waals surface area contributed by atoms with Crippen molar-refractivity contribution in [3.05, 3.63) is 27.7 Å². The second kappa shape index (κ2) is 6.66. The summed E-state index contributed by atoms with van der Waals surface area (Å²) < 4.78 is 23.8. The van der Waals surface area contributed by atoms with Gasteiger partial charge in [-0.2, -0.15) is 0 Å². The molecule has 0 bridgehead atoms. The number of amides is 1. The number of nitrogens with two attached hydrogens (primary N) is 1. The number of rotatable bonds is 3. The van der Waals surface area contributed by atoms with Crippen LogP contribution < -0.4 is 15.8 Å². The summed E-state index contributed by atoms with van der Waals surface area (Å²) in [5.41, 5.74) is 0.689. The van der Waals surface area contributed by atoms with Crippen LogP contribution in [0.1, 0.15) is 29.3 Å². The Morgan fingerprint density at radius 3 is 2.73 bits per heavy atom. The van der Waals surface area contributed by atoms with Crippen molar-refractivity contribution in [2.24, 2.45) is 11.1 Å². The van der Waals surface area contributed by atoms with Crippen LogP contribution in [0.3, 0.4) is 0 Å². The van der Waals surface area contributed by atoms with Crippen LogP contribution in [0.15, 0.2) is 21.5 Å². The van der Waals surface area contributed by atoms with Gasteiger partial charge in [-0.15, -0.1) is 0 Å². The molecule has 1 saturated heterocycles. The summed E-state index contributed by atoms with van der Waals surface area (Å²) in [5.74, 6) is 0.0466. The van der Waals surface area contributed by atoms with E-state index in [2.05, 4.69) is 33.5 Å². The third-order valence-electron chi connectivity index (χ3n) is 3.98. The van der Waals surface area contributed by atoms with Gasteiger partial charge in [0.05, 0.1) is 4.90 Å². The monoisotopic (exact) mass is 389 g/mol. The Hall–Kier alpha value is -0.960. The Bertz CT molecular complexity index is 691. The Morgan fingerprint density at radius 1 is 1.45 bits per heavy atom. The van der Waals surface area contributed by atoms with Crippen molar-refractivity contribution >= 4 is 31.9 Å². The quantitative estimate of drug-likeness (QED) is 0.720. The summed E-state index contributed by atoms with van der Waals surface area (Å²) in [6, 6.07) is 3.10. The fourth-order valence-electron chi connectivity index (χ4n) is 2.66. The SMILES string of the molecule is Cc1c(C(=O)NC2CCNCC2C)cc(Br)cc1S(N)(=O)=O. The minimum atomic E-state index is -3.88. The third kappa shape index (κ3) is 3.87. The number of carbonyl (C=O) groups is 1. The maximum Gasteiger partial charge on any atom is 0.251 e. The Balaban J connectivity index is 2.32. The minimum absolute atomic E-state index is 0.0367. The van der Waals surface area contributed by atoms with Crippen LogP contribution in [0.2, 0.25) is 0 Å². The maximum absolute atomic E-state index is 12.5. The van der Waals surface area contributed by atoms with E-state index < -0.39 is 10.0 Å². The van der Waals surface area contributed by atoms with Gasteiger partial charge < -0.3 is 10.6 Å². The molecule has 0 saturated carbocycles. The van der Waals surface area contributed by atoms with Crippen LogP contribution in [-0.4, -0.2) is 33.5 Å². The lowest BCUT2D eigenvalue weighted by Gasteiger charge is -2.30. The molecule has 4 N–H and O–H groups in total. The number of hydrogen-bond acceptors (Lipinski definition) is 4. The summed E-state index contributed by atoms with van der Waals surface area (Å²) in [4.78, 5) is 12.5. The van der Waals surface area contributed by atoms with Gasteiger partial charge in [0.25, 0.3) is 5.91 Å². The van der Waals surface area contributed by atoms with E-state index in [0.29, 0.717) is 21.5 Å². The highest BCUT2D eigenvalue weighted by molar-refractivity contribution is 9.10. The van der Waals surface area contributed by atoms with Crippen molar-refractivity contribution in [2.45, 2.75) is 31.2 Å². The van der Waals surface area contributed by atoms with Crippen LogP contribution in [0.5, 0.6) is 0 Å². The van der Waals surface area contributed by atoms with Crippen molar-refractivity contribution in [3.8, 4) is 0 Å². The lowest BCUT2D eigenvalue weighted by atomic mass is 9.94. The van der Waals surface area contributed by atoms with Crippen molar-refractivity contribution in [1.29, 1.82) is 0 Å². The van der Waals surface area contributed by atoms with Gasteiger partial charge >= 0.3 is 0 Å². The number of hydrogen-bond donors (Lipinski definition) is 3. The molecular weight excluding hydrogens is 370 g/mol. The summed E-state index contributed by atoms with van der Waals surface area (Å²) in [7, 11) is -3.88. The zero-order valence-corrected chi connectivity index (χ0v) is 14.9. The molecule has 1 aromatic carbocycles. The first kappa shape index (κ1) is 17.4. The maximum atomic E-state index is 12.5. The van der Waals surface area contributed by atoms with E-state index in [1.807, 2.05) is 0 Å². The fourth-order valence-corrected chi connectivity index (χ4v) is 4.10.